The Hall–Kier alpha value is -4.08. The second-order valence-corrected chi connectivity index (χ2v) is 19.6. The molecule has 0 aromatic carbocycles. The van der Waals surface area contributed by atoms with Gasteiger partial charge in [-0.05, 0) is 24.1 Å². The van der Waals surface area contributed by atoms with Gasteiger partial charge in [-0.25, -0.2) is 0 Å². The van der Waals surface area contributed by atoms with Gasteiger partial charge in [-0.2, -0.15) is 26.3 Å². The smallest absolute Gasteiger partial charge is 0.380 e. The SMILES string of the molecule is Cc1sc(-c2scc3c2OCCO3)cc1C1=C(c2c(-c3scc4c3OCCO4)sc(-c3scc4c3OCCO4)c2Cc2scc3c2OCCO3)C(F)(F)C(F)(F)C1(F)F. The van der Waals surface area contributed by atoms with Crippen LogP contribution < -0.4 is 37.9 Å². The molecular formula is C39H26F6O8S6. The molecule has 6 aromatic heterocycles. The highest BCUT2D eigenvalue weighted by Gasteiger charge is 2.80. The highest BCUT2D eigenvalue weighted by atomic mass is 32.1. The predicted octanol–water partition coefficient (Wildman–Crippen LogP) is 11.9. The average Bonchev–Trinajstić information content (AvgIpc) is 4.10. The maximum atomic E-state index is 17.2. The van der Waals surface area contributed by atoms with Crippen LogP contribution in [0, 0.1) is 6.92 Å². The van der Waals surface area contributed by atoms with Gasteiger partial charge < -0.3 is 37.9 Å². The first-order valence-electron chi connectivity index (χ1n) is 18.1. The number of aryl methyl sites for hydroxylation is 1. The van der Waals surface area contributed by atoms with E-state index in [0.29, 0.717) is 71.2 Å². The Bertz CT molecular complexity index is 2700. The van der Waals surface area contributed by atoms with Crippen molar-refractivity contribution in [3.63, 3.8) is 0 Å². The topological polar surface area (TPSA) is 73.8 Å². The number of fused-ring (bicyclic) bond motifs is 4. The van der Waals surface area contributed by atoms with Gasteiger partial charge in [-0.15, -0.1) is 68.0 Å². The minimum Gasteiger partial charge on any atom is -0.485 e. The lowest BCUT2D eigenvalue weighted by Gasteiger charge is -2.26. The lowest BCUT2D eigenvalue weighted by Crippen LogP contribution is -2.49. The van der Waals surface area contributed by atoms with Gasteiger partial charge in [-0.1, -0.05) is 0 Å². The van der Waals surface area contributed by atoms with Crippen LogP contribution in [0.1, 0.15) is 26.4 Å². The Kier molecular flexibility index (Phi) is 8.81. The second kappa shape index (κ2) is 13.7. The Morgan fingerprint density at radius 2 is 0.966 bits per heavy atom. The molecule has 0 amide bonds. The van der Waals surface area contributed by atoms with Crippen LogP contribution in [0.15, 0.2) is 27.6 Å². The molecule has 0 radical (unpaired) electrons. The van der Waals surface area contributed by atoms with Crippen molar-refractivity contribution in [1.82, 2.24) is 0 Å². The van der Waals surface area contributed by atoms with Gasteiger partial charge in [0.25, 0.3) is 0 Å². The molecule has 1 aliphatic carbocycles. The zero-order valence-electron chi connectivity index (χ0n) is 30.2. The summed E-state index contributed by atoms with van der Waals surface area (Å²) in [5.74, 6) is -13.6. The molecule has 8 nitrogen and oxygen atoms in total. The van der Waals surface area contributed by atoms with Crippen molar-refractivity contribution in [2.45, 2.75) is 31.1 Å². The van der Waals surface area contributed by atoms with Gasteiger partial charge in [0.05, 0.1) is 29.3 Å². The van der Waals surface area contributed by atoms with Crippen LogP contribution in [-0.2, 0) is 6.42 Å². The van der Waals surface area contributed by atoms with Crippen LogP contribution in [0.5, 0.6) is 46.0 Å². The molecular weight excluding hydrogens is 903 g/mol. The molecule has 0 bridgehead atoms. The van der Waals surface area contributed by atoms with Crippen LogP contribution in [0.3, 0.4) is 0 Å². The van der Waals surface area contributed by atoms with Crippen molar-refractivity contribution >= 4 is 79.2 Å². The highest BCUT2D eigenvalue weighted by molar-refractivity contribution is 7.27. The van der Waals surface area contributed by atoms with Crippen molar-refractivity contribution in [2.24, 2.45) is 0 Å². The summed E-state index contributed by atoms with van der Waals surface area (Å²) in [6, 6.07) is 1.28. The number of ether oxygens (including phenoxy) is 8. The molecule has 5 aliphatic rings. The minimum atomic E-state index is -5.83. The quantitative estimate of drug-likeness (QED) is 0.147. The molecule has 11 rings (SSSR count). The zero-order valence-corrected chi connectivity index (χ0v) is 35.1. The van der Waals surface area contributed by atoms with E-state index in [9.17, 15) is 0 Å². The third-order valence-corrected chi connectivity index (χ3v) is 16.9. The minimum absolute atomic E-state index is 0.0416. The van der Waals surface area contributed by atoms with E-state index in [1.165, 1.54) is 47.0 Å². The van der Waals surface area contributed by atoms with Gasteiger partial charge in [-0.3, -0.25) is 0 Å². The number of alkyl halides is 6. The fraction of sp³-hybridized carbons (Fsp3) is 0.333. The largest absolute Gasteiger partial charge is 0.485 e. The van der Waals surface area contributed by atoms with E-state index in [1.54, 1.807) is 21.5 Å². The van der Waals surface area contributed by atoms with E-state index in [0.717, 1.165) is 34.0 Å². The van der Waals surface area contributed by atoms with E-state index in [-0.39, 0.29) is 78.6 Å². The lowest BCUT2D eigenvalue weighted by molar-refractivity contribution is -0.254. The molecule has 59 heavy (non-hydrogen) atoms. The summed E-state index contributed by atoms with van der Waals surface area (Å²) in [5.41, 5.74) is -3.69. The first kappa shape index (κ1) is 37.9. The number of halogens is 6. The van der Waals surface area contributed by atoms with Crippen molar-refractivity contribution in [3.05, 3.63) is 54.0 Å². The number of thiophene rings is 6. The molecule has 0 N–H and O–H groups in total. The fourth-order valence-electron chi connectivity index (χ4n) is 7.77. The Balaban J connectivity index is 1.23. The maximum absolute atomic E-state index is 17.2. The normalized spacial score (nSPS) is 19.4. The highest BCUT2D eigenvalue weighted by Crippen LogP contribution is 2.69. The standard InChI is InChI=1S/C39H26F6O8S6/c1-16-17(10-24(58-16)33-29-20(13-55-33)47-3-7-51-29)26-27(38(42,43)39(44,45)37(26,40)41)25-18(11-23-28-19(12-54-23)46-2-6-50-28)32(35-30-21(14-56-35)48-4-8-52-30)59-34(25)36-31-22(15-57-36)49-5-9-53-31/h10,12-15H,2-9,11H2,1H3. The number of rotatable bonds is 7. The van der Waals surface area contributed by atoms with E-state index < -0.39 is 40.0 Å². The molecule has 0 saturated carbocycles. The monoisotopic (exact) mass is 928 g/mol. The van der Waals surface area contributed by atoms with Crippen LogP contribution in [0.2, 0.25) is 0 Å². The first-order chi connectivity index (χ1) is 28.5. The number of allylic oxidation sites excluding steroid dienone is 2. The molecule has 10 heterocycles. The maximum Gasteiger partial charge on any atom is 0.380 e. The van der Waals surface area contributed by atoms with Crippen molar-refractivity contribution in [2.75, 3.05) is 52.9 Å². The Morgan fingerprint density at radius 1 is 0.508 bits per heavy atom. The van der Waals surface area contributed by atoms with Crippen molar-refractivity contribution in [1.29, 1.82) is 0 Å². The third-order valence-electron chi connectivity index (χ3n) is 10.4. The summed E-state index contributed by atoms with van der Waals surface area (Å²) in [6.45, 7) is 3.32. The van der Waals surface area contributed by atoms with Crippen molar-refractivity contribution in [3.8, 4) is 75.3 Å². The average molecular weight is 929 g/mol. The summed E-state index contributed by atoms with van der Waals surface area (Å²) >= 11 is 6.78. The van der Waals surface area contributed by atoms with E-state index in [1.807, 2.05) is 0 Å². The van der Waals surface area contributed by atoms with Gasteiger partial charge in [0.15, 0.2) is 46.0 Å². The molecule has 308 valence electrons. The van der Waals surface area contributed by atoms with E-state index in [4.69, 9.17) is 37.9 Å². The summed E-state index contributed by atoms with van der Waals surface area (Å²) in [4.78, 5) is 2.70. The third kappa shape index (κ3) is 5.54. The fourth-order valence-corrected chi connectivity index (χ4v) is 14.3. The molecule has 6 aromatic rings. The Labute approximate surface area is 354 Å². The molecule has 4 aliphatic heterocycles. The van der Waals surface area contributed by atoms with Gasteiger partial charge in [0.1, 0.15) is 52.9 Å². The van der Waals surface area contributed by atoms with Crippen molar-refractivity contribution < 1.29 is 64.2 Å². The van der Waals surface area contributed by atoms with Crippen LogP contribution in [0.4, 0.5) is 26.3 Å². The molecule has 0 saturated heterocycles. The van der Waals surface area contributed by atoms with Crippen LogP contribution in [0.25, 0.3) is 40.4 Å². The number of hydrogen-bond acceptors (Lipinski definition) is 14. The molecule has 0 spiro atoms. The van der Waals surface area contributed by atoms with E-state index >= 15 is 26.3 Å². The van der Waals surface area contributed by atoms with E-state index in [2.05, 4.69) is 0 Å². The summed E-state index contributed by atoms with van der Waals surface area (Å²) in [5, 5.41) is 6.76. The summed E-state index contributed by atoms with van der Waals surface area (Å²) in [7, 11) is 0. The van der Waals surface area contributed by atoms with Crippen LogP contribution in [-0.4, -0.2) is 70.6 Å². The van der Waals surface area contributed by atoms with Gasteiger partial charge >= 0.3 is 17.8 Å². The summed E-state index contributed by atoms with van der Waals surface area (Å²) in [6.07, 6.45) is -0.167. The van der Waals surface area contributed by atoms with Gasteiger partial charge in [0.2, 0.25) is 0 Å². The molecule has 0 atom stereocenters. The predicted molar refractivity (Wildman–Crippen MR) is 216 cm³/mol. The van der Waals surface area contributed by atoms with Gasteiger partial charge in [0, 0.05) is 54.4 Å². The molecule has 0 unspecified atom stereocenters. The molecule has 0 fully saturated rings. The molecule has 20 heteroatoms. The Morgan fingerprint density at radius 3 is 1.56 bits per heavy atom. The zero-order chi connectivity index (χ0) is 40.4. The first-order valence-corrected chi connectivity index (χ1v) is 23.2. The summed E-state index contributed by atoms with van der Waals surface area (Å²) < 4.78 is 148. The second-order valence-electron chi connectivity index (χ2n) is 13.8. The lowest BCUT2D eigenvalue weighted by atomic mass is 9.89. The number of hydrogen-bond donors (Lipinski definition) is 0. The van der Waals surface area contributed by atoms with Crippen LogP contribution >= 0.6 is 68.0 Å².